The quantitative estimate of drug-likeness (QED) is 0.832. The third-order valence-corrected chi connectivity index (χ3v) is 2.47. The maximum absolute atomic E-state index is 9.29. The Morgan fingerprint density at radius 2 is 2.31 bits per heavy atom. The number of methoxy groups -OCH3 is 1. The first kappa shape index (κ1) is 11.0. The van der Waals surface area contributed by atoms with E-state index in [2.05, 4.69) is 10.1 Å². The zero-order valence-corrected chi connectivity index (χ0v) is 9.47. The highest BCUT2D eigenvalue weighted by molar-refractivity contribution is 5.81. The Balaban J connectivity index is 2.51. The summed E-state index contributed by atoms with van der Waals surface area (Å²) in [7, 11) is 1.65. The number of ether oxygens (including phenoxy) is 1. The fraction of sp³-hybridized carbons (Fsp3) is 0.455. The first-order valence-corrected chi connectivity index (χ1v) is 5.18. The normalized spacial score (nSPS) is 11.2. The summed E-state index contributed by atoms with van der Waals surface area (Å²) in [5.74, 6) is 0. The van der Waals surface area contributed by atoms with Crippen molar-refractivity contribution in [1.29, 1.82) is 0 Å². The number of aryl methyl sites for hydroxylation is 1. The minimum Gasteiger partial charge on any atom is -0.390 e. The van der Waals surface area contributed by atoms with Crippen molar-refractivity contribution in [2.75, 3.05) is 13.7 Å². The second-order valence-corrected chi connectivity index (χ2v) is 3.67. The van der Waals surface area contributed by atoms with Gasteiger partial charge in [0.05, 0.1) is 37.2 Å². The number of hydrogen-bond donors (Lipinski definition) is 1. The van der Waals surface area contributed by atoms with Crippen LogP contribution in [0.2, 0.25) is 0 Å². The van der Waals surface area contributed by atoms with E-state index in [0.717, 1.165) is 16.6 Å². The molecule has 0 spiro atoms. The van der Waals surface area contributed by atoms with Crippen LogP contribution in [0.15, 0.2) is 12.3 Å². The van der Waals surface area contributed by atoms with Crippen LogP contribution < -0.4 is 0 Å². The number of fused-ring (bicyclic) bond motifs is 1. The molecule has 5 heteroatoms. The number of pyridine rings is 1. The van der Waals surface area contributed by atoms with Crippen molar-refractivity contribution in [1.82, 2.24) is 14.8 Å². The molecular weight excluding hydrogens is 206 g/mol. The molecule has 2 aromatic rings. The molecule has 0 fully saturated rings. The lowest BCUT2D eigenvalue weighted by atomic mass is 10.2. The Bertz CT molecular complexity index is 493. The van der Waals surface area contributed by atoms with Crippen molar-refractivity contribution in [3.05, 3.63) is 23.7 Å². The number of aliphatic hydroxyl groups excluding tert-OH is 1. The molecule has 0 aliphatic heterocycles. The van der Waals surface area contributed by atoms with Gasteiger partial charge in [0.15, 0.2) is 0 Å². The van der Waals surface area contributed by atoms with Gasteiger partial charge in [-0.1, -0.05) is 0 Å². The molecule has 0 radical (unpaired) electrons. The summed E-state index contributed by atoms with van der Waals surface area (Å²) >= 11 is 0. The molecule has 0 atom stereocenters. The summed E-state index contributed by atoms with van der Waals surface area (Å²) in [6.45, 7) is 3.09. The van der Waals surface area contributed by atoms with Gasteiger partial charge < -0.3 is 9.84 Å². The largest absolute Gasteiger partial charge is 0.390 e. The Kier molecular flexibility index (Phi) is 3.17. The van der Waals surface area contributed by atoms with Crippen LogP contribution in [0, 0.1) is 6.92 Å². The molecule has 0 aromatic carbocycles. The number of aromatic nitrogens is 3. The second-order valence-electron chi connectivity index (χ2n) is 3.67. The first-order chi connectivity index (χ1) is 7.76. The van der Waals surface area contributed by atoms with Gasteiger partial charge in [-0.15, -0.1) is 0 Å². The predicted octanol–water partition coefficient (Wildman–Crippen LogP) is 0.878. The standard InChI is InChI=1S/C11H15N3O2/c1-8-5-9-6-12-14(3-4-16-2)11(9)10(7-15)13-8/h5-6,15H,3-4,7H2,1-2H3. The van der Waals surface area contributed by atoms with E-state index in [1.54, 1.807) is 13.3 Å². The van der Waals surface area contributed by atoms with Crippen LogP contribution in [-0.4, -0.2) is 33.6 Å². The minimum absolute atomic E-state index is 0.0726. The Hall–Kier alpha value is -1.46. The number of nitrogens with zero attached hydrogens (tertiary/aromatic N) is 3. The van der Waals surface area contributed by atoms with Crippen LogP contribution in [0.4, 0.5) is 0 Å². The van der Waals surface area contributed by atoms with E-state index in [4.69, 9.17) is 4.74 Å². The lowest BCUT2D eigenvalue weighted by Crippen LogP contribution is -2.07. The monoisotopic (exact) mass is 221 g/mol. The first-order valence-electron chi connectivity index (χ1n) is 5.18. The van der Waals surface area contributed by atoms with E-state index < -0.39 is 0 Å². The molecule has 0 bridgehead atoms. The SMILES string of the molecule is COCCn1ncc2cc(C)nc(CO)c21. The van der Waals surface area contributed by atoms with Crippen molar-refractivity contribution >= 4 is 10.9 Å². The van der Waals surface area contributed by atoms with Crippen LogP contribution in [-0.2, 0) is 17.9 Å². The van der Waals surface area contributed by atoms with Crippen molar-refractivity contribution < 1.29 is 9.84 Å². The molecule has 2 aromatic heterocycles. The van der Waals surface area contributed by atoms with Crippen LogP contribution in [0.1, 0.15) is 11.4 Å². The summed E-state index contributed by atoms with van der Waals surface area (Å²) in [5.41, 5.74) is 2.46. The molecule has 1 N–H and O–H groups in total. The molecule has 5 nitrogen and oxygen atoms in total. The van der Waals surface area contributed by atoms with Crippen LogP contribution in [0.3, 0.4) is 0 Å². The lowest BCUT2D eigenvalue weighted by molar-refractivity contribution is 0.184. The highest BCUT2D eigenvalue weighted by Gasteiger charge is 2.09. The number of rotatable bonds is 4. The van der Waals surface area contributed by atoms with Crippen LogP contribution in [0.5, 0.6) is 0 Å². The summed E-state index contributed by atoms with van der Waals surface area (Å²) < 4.78 is 6.83. The lowest BCUT2D eigenvalue weighted by Gasteiger charge is -2.06. The van der Waals surface area contributed by atoms with Crippen molar-refractivity contribution in [2.45, 2.75) is 20.1 Å². The van der Waals surface area contributed by atoms with Crippen LogP contribution >= 0.6 is 0 Å². The van der Waals surface area contributed by atoms with Gasteiger partial charge in [-0.25, -0.2) is 0 Å². The highest BCUT2D eigenvalue weighted by atomic mass is 16.5. The molecule has 0 unspecified atom stereocenters. The fourth-order valence-electron chi connectivity index (χ4n) is 1.80. The molecule has 0 amide bonds. The molecular formula is C11H15N3O2. The minimum atomic E-state index is -0.0726. The van der Waals surface area contributed by atoms with Gasteiger partial charge in [-0.2, -0.15) is 5.10 Å². The van der Waals surface area contributed by atoms with Crippen molar-refractivity contribution in [3.8, 4) is 0 Å². The Morgan fingerprint density at radius 3 is 3.00 bits per heavy atom. The summed E-state index contributed by atoms with van der Waals surface area (Å²) in [6.07, 6.45) is 1.79. The van der Waals surface area contributed by atoms with Crippen LogP contribution in [0.25, 0.3) is 10.9 Å². The second kappa shape index (κ2) is 4.59. The molecule has 0 saturated carbocycles. The number of aliphatic hydroxyl groups is 1. The molecule has 0 aliphatic rings. The average Bonchev–Trinajstić information content (AvgIpc) is 2.68. The van der Waals surface area contributed by atoms with Gasteiger partial charge in [-0.05, 0) is 13.0 Å². The zero-order chi connectivity index (χ0) is 11.5. The summed E-state index contributed by atoms with van der Waals surface area (Å²) in [5, 5.41) is 14.6. The highest BCUT2D eigenvalue weighted by Crippen LogP contribution is 2.18. The molecule has 0 aliphatic carbocycles. The smallest absolute Gasteiger partial charge is 0.0922 e. The van der Waals surface area contributed by atoms with Gasteiger partial charge in [0, 0.05) is 18.2 Å². The van der Waals surface area contributed by atoms with Gasteiger partial charge in [0.1, 0.15) is 0 Å². The van der Waals surface area contributed by atoms with Crippen molar-refractivity contribution in [3.63, 3.8) is 0 Å². The third-order valence-electron chi connectivity index (χ3n) is 2.47. The Labute approximate surface area is 93.7 Å². The maximum Gasteiger partial charge on any atom is 0.0922 e. The third kappa shape index (κ3) is 1.91. The van der Waals surface area contributed by atoms with E-state index in [1.165, 1.54) is 0 Å². The molecule has 0 saturated heterocycles. The molecule has 2 heterocycles. The Morgan fingerprint density at radius 1 is 1.50 bits per heavy atom. The van der Waals surface area contributed by atoms with E-state index >= 15 is 0 Å². The summed E-state index contributed by atoms with van der Waals surface area (Å²) in [6, 6.07) is 1.96. The summed E-state index contributed by atoms with van der Waals surface area (Å²) in [4.78, 5) is 4.31. The van der Waals surface area contributed by atoms with Gasteiger partial charge >= 0.3 is 0 Å². The predicted molar refractivity (Wildman–Crippen MR) is 60.1 cm³/mol. The molecule has 86 valence electrons. The van der Waals surface area contributed by atoms with E-state index in [0.29, 0.717) is 18.8 Å². The topological polar surface area (TPSA) is 60.2 Å². The van der Waals surface area contributed by atoms with Gasteiger partial charge in [-0.3, -0.25) is 9.67 Å². The fourth-order valence-corrected chi connectivity index (χ4v) is 1.80. The van der Waals surface area contributed by atoms with E-state index in [1.807, 2.05) is 17.7 Å². The van der Waals surface area contributed by atoms with Crippen molar-refractivity contribution in [2.24, 2.45) is 0 Å². The molecule has 16 heavy (non-hydrogen) atoms. The van der Waals surface area contributed by atoms with E-state index in [-0.39, 0.29) is 6.61 Å². The zero-order valence-electron chi connectivity index (χ0n) is 9.47. The molecule has 2 rings (SSSR count). The van der Waals surface area contributed by atoms with E-state index in [9.17, 15) is 5.11 Å². The maximum atomic E-state index is 9.29. The average molecular weight is 221 g/mol. The van der Waals surface area contributed by atoms with Gasteiger partial charge in [0.25, 0.3) is 0 Å². The number of hydrogen-bond acceptors (Lipinski definition) is 4. The van der Waals surface area contributed by atoms with Gasteiger partial charge in [0.2, 0.25) is 0 Å².